The van der Waals surface area contributed by atoms with Crippen molar-refractivity contribution < 1.29 is 52.6 Å². The Morgan fingerprint density at radius 1 is 0.679 bits per heavy atom. The second-order valence-electron chi connectivity index (χ2n) is 20.9. The first-order valence-electron chi connectivity index (χ1n) is 27.1. The Hall–Kier alpha value is -9.33. The predicted octanol–water partition coefficient (Wildman–Crippen LogP) is 6.02. The van der Waals surface area contributed by atoms with Crippen molar-refractivity contribution in [1.82, 2.24) is 20.9 Å². The molecular weight excluding hydrogens is 1030 g/mol. The minimum absolute atomic E-state index is 0.0167. The van der Waals surface area contributed by atoms with E-state index < -0.39 is 41.6 Å². The number of benzene rings is 5. The molecule has 0 fully saturated rings. The van der Waals surface area contributed by atoms with Crippen LogP contribution < -0.4 is 50.2 Å². The highest BCUT2D eigenvalue weighted by Gasteiger charge is 2.40. The first-order chi connectivity index (χ1) is 39.0. The summed E-state index contributed by atoms with van der Waals surface area (Å²) in [7, 11) is 3.47. The number of carbonyl (C=O) groups is 8. The predicted molar refractivity (Wildman–Crippen MR) is 303 cm³/mol. The van der Waals surface area contributed by atoms with Gasteiger partial charge in [0.05, 0.1) is 41.7 Å². The van der Waals surface area contributed by atoms with Crippen LogP contribution in [-0.2, 0) is 54.8 Å². The lowest BCUT2D eigenvalue weighted by atomic mass is 10.1. The van der Waals surface area contributed by atoms with Crippen molar-refractivity contribution in [3.63, 3.8) is 0 Å². The van der Waals surface area contributed by atoms with Crippen LogP contribution >= 0.6 is 0 Å². The summed E-state index contributed by atoms with van der Waals surface area (Å²) in [4.78, 5) is 116. The number of carbonyl (C=O) groups excluding carboxylic acids is 8. The number of imide groups is 1. The number of hydrogen-bond acceptors (Lipinski definition) is 13. The average molecular weight is 1100 g/mol. The largest absolute Gasteiger partial charge is 0.493 e. The van der Waals surface area contributed by atoms with Gasteiger partial charge in [0.25, 0.3) is 23.6 Å². The monoisotopic (exact) mass is 1100 g/mol. The number of aliphatic imine (C=N–C) groups is 1. The van der Waals surface area contributed by atoms with Crippen LogP contribution in [0.3, 0.4) is 0 Å². The molecule has 0 aromatic heterocycles. The second kappa shape index (κ2) is 23.6. The van der Waals surface area contributed by atoms with Gasteiger partial charge in [-0.1, -0.05) is 36.4 Å². The van der Waals surface area contributed by atoms with Crippen LogP contribution in [0.15, 0.2) is 108 Å². The maximum absolute atomic E-state index is 14.2. The summed E-state index contributed by atoms with van der Waals surface area (Å²) in [5.41, 5.74) is 8.54. The van der Waals surface area contributed by atoms with Gasteiger partial charge in [-0.05, 0) is 110 Å². The van der Waals surface area contributed by atoms with Crippen LogP contribution in [0.1, 0.15) is 88.1 Å². The molecule has 4 N–H and O–H groups in total. The Bertz CT molecular complexity index is 3430. The Morgan fingerprint density at radius 3 is 2.01 bits per heavy atom. The fraction of sp³-hybridized carbons (Fsp3) is 0.328. The number of amides is 8. The maximum atomic E-state index is 14.2. The molecular formula is C61H63N9O11. The van der Waals surface area contributed by atoms with Gasteiger partial charge in [-0.2, -0.15) is 0 Å². The molecule has 5 aliphatic rings. The Balaban J connectivity index is 0.804. The summed E-state index contributed by atoms with van der Waals surface area (Å²) in [6.45, 7) is 5.75. The first kappa shape index (κ1) is 55.0. The number of anilines is 4. The molecule has 5 aromatic carbocycles. The van der Waals surface area contributed by atoms with E-state index in [1.165, 1.54) is 33.1 Å². The van der Waals surface area contributed by atoms with Crippen molar-refractivity contribution in [3.8, 4) is 17.2 Å². The molecule has 5 aromatic rings. The highest BCUT2D eigenvalue weighted by molar-refractivity contribution is 6.15. The number of para-hydroxylation sites is 2. The number of nitrogens with zero attached hydrogens (tertiary/aromatic N) is 5. The van der Waals surface area contributed by atoms with Crippen molar-refractivity contribution in [2.75, 3.05) is 53.8 Å². The van der Waals surface area contributed by atoms with Gasteiger partial charge < -0.3 is 45.3 Å². The van der Waals surface area contributed by atoms with E-state index in [0.29, 0.717) is 76.7 Å². The van der Waals surface area contributed by atoms with Crippen molar-refractivity contribution in [2.24, 2.45) is 4.99 Å². The smallest absolute Gasteiger partial charge is 0.261 e. The van der Waals surface area contributed by atoms with E-state index in [0.717, 1.165) is 45.1 Å². The van der Waals surface area contributed by atoms with Crippen LogP contribution in [0.2, 0.25) is 0 Å². The molecule has 81 heavy (non-hydrogen) atoms. The fourth-order valence-corrected chi connectivity index (χ4v) is 10.9. The molecule has 10 rings (SSSR count). The first-order valence-corrected chi connectivity index (χ1v) is 27.1. The number of rotatable bonds is 20. The number of fused-ring (bicyclic) bond motifs is 8. The molecule has 20 nitrogen and oxygen atoms in total. The van der Waals surface area contributed by atoms with Gasteiger partial charge in [-0.15, -0.1) is 0 Å². The summed E-state index contributed by atoms with van der Waals surface area (Å²) in [6.07, 6.45) is 6.47. The Kier molecular flexibility index (Phi) is 16.0. The second-order valence-corrected chi connectivity index (χ2v) is 20.9. The number of aryl methyl sites for hydroxylation is 1. The normalized spacial score (nSPS) is 17.2. The summed E-state index contributed by atoms with van der Waals surface area (Å²) in [6, 6.07) is 26.0. The van der Waals surface area contributed by atoms with E-state index in [4.69, 9.17) is 19.2 Å². The zero-order chi connectivity index (χ0) is 57.1. The van der Waals surface area contributed by atoms with Crippen molar-refractivity contribution in [1.29, 1.82) is 0 Å². The molecule has 0 unspecified atom stereocenters. The van der Waals surface area contributed by atoms with E-state index in [9.17, 15) is 38.4 Å². The lowest BCUT2D eigenvalue weighted by Crippen LogP contribution is -2.50. The molecule has 5 aliphatic heterocycles. The van der Waals surface area contributed by atoms with E-state index >= 15 is 0 Å². The van der Waals surface area contributed by atoms with Gasteiger partial charge in [0.15, 0.2) is 11.5 Å². The van der Waals surface area contributed by atoms with Gasteiger partial charge in [-0.25, -0.2) is 0 Å². The summed E-state index contributed by atoms with van der Waals surface area (Å²) in [5, 5.41) is 10.9. The van der Waals surface area contributed by atoms with E-state index in [-0.39, 0.29) is 69.0 Å². The number of nitrogens with one attached hydrogen (secondary N) is 4. The number of hydrogen-bond donors (Lipinski definition) is 4. The molecule has 418 valence electrons. The van der Waals surface area contributed by atoms with Gasteiger partial charge in [0, 0.05) is 93.5 Å². The molecule has 5 heterocycles. The molecule has 0 aliphatic carbocycles. The molecule has 0 radical (unpaired) electrons. The minimum atomic E-state index is -1.05. The topological polar surface area (TPSA) is 238 Å². The van der Waals surface area contributed by atoms with Crippen molar-refractivity contribution in [2.45, 2.75) is 96.7 Å². The summed E-state index contributed by atoms with van der Waals surface area (Å²) >= 11 is 0. The third-order valence-electron chi connectivity index (χ3n) is 15.1. The molecule has 20 heteroatoms. The lowest BCUT2D eigenvalue weighted by molar-refractivity contribution is -0.137. The van der Waals surface area contributed by atoms with Gasteiger partial charge in [0.2, 0.25) is 23.6 Å². The van der Waals surface area contributed by atoms with Gasteiger partial charge >= 0.3 is 0 Å². The Morgan fingerprint density at radius 2 is 1.31 bits per heavy atom. The van der Waals surface area contributed by atoms with E-state index in [2.05, 4.69) is 32.2 Å². The van der Waals surface area contributed by atoms with E-state index in [1.807, 2.05) is 79.5 Å². The molecule has 0 saturated heterocycles. The van der Waals surface area contributed by atoms with Crippen LogP contribution in [0.4, 0.5) is 28.4 Å². The number of likely N-dealkylation sites (N-methyl/N-ethyl adjacent to an activating group) is 1. The average Bonchev–Trinajstić information content (AvgIpc) is 4.30. The number of ether oxygens (including phenoxy) is 3. The van der Waals surface area contributed by atoms with Crippen molar-refractivity contribution in [3.05, 3.63) is 142 Å². The zero-order valence-electron chi connectivity index (χ0n) is 45.7. The van der Waals surface area contributed by atoms with Gasteiger partial charge in [-0.3, -0.25) is 53.1 Å². The number of unbranched alkanes of at least 4 members (excludes halogenated alkanes) is 1. The minimum Gasteiger partial charge on any atom is -0.493 e. The van der Waals surface area contributed by atoms with Crippen molar-refractivity contribution >= 4 is 81.9 Å². The third-order valence-corrected chi connectivity index (χ3v) is 15.1. The molecule has 0 spiro atoms. The quantitative estimate of drug-likeness (QED) is 0.0517. The molecule has 0 bridgehead atoms. The fourth-order valence-electron chi connectivity index (χ4n) is 10.9. The molecule has 8 amide bonds. The van der Waals surface area contributed by atoms with E-state index in [1.54, 1.807) is 35.4 Å². The van der Waals surface area contributed by atoms with Crippen LogP contribution in [0.25, 0.3) is 0 Å². The number of methoxy groups -OCH3 is 1. The highest BCUT2D eigenvalue weighted by atomic mass is 16.5. The summed E-state index contributed by atoms with van der Waals surface area (Å²) < 4.78 is 18.8. The lowest BCUT2D eigenvalue weighted by Gasteiger charge is -2.25. The van der Waals surface area contributed by atoms with Crippen LogP contribution in [0, 0.1) is 6.92 Å². The van der Waals surface area contributed by atoms with Gasteiger partial charge in [0.1, 0.15) is 31.0 Å². The highest BCUT2D eigenvalue weighted by Crippen LogP contribution is 2.43. The summed E-state index contributed by atoms with van der Waals surface area (Å²) in [5.74, 6) is -1.73. The Labute approximate surface area is 468 Å². The zero-order valence-corrected chi connectivity index (χ0v) is 45.7. The maximum Gasteiger partial charge on any atom is 0.261 e. The molecule has 0 saturated carbocycles. The third kappa shape index (κ3) is 11.9. The van der Waals surface area contributed by atoms with Crippen LogP contribution in [0.5, 0.6) is 17.2 Å². The molecule has 4 atom stereocenters. The standard InChI is InChI=1S/C61H63N9O11/c1-35-22-46-50(67(4)32-44-27-41-13-7-9-15-49(41)70(44)61(46)78)30-51(35)80-33-38-23-39(34-81-53-29-47-45(28-52(53)79-5)60(77)69-43(31-63-47)26-40-12-6-8-14-48(40)69)25-42(24-38)66-59(76)37(3)65-58(75)36(2)64-55(72)17-11-10-16-54(71)62-20-21-68-56(73)18-19-57(68)74/h6-9,12-15,18-19,22-25,28-31,36-37,43-44H,10-11,16-17,20-21,26-27,32-34H2,1-5H3,(H,62,71)(H,64,72)(H,65,75)(H,66,76)/t36-,37-,43-,44-/m0/s1. The SMILES string of the molecule is COc1cc2c(cc1OCc1cc(COc3cc4c(cc3C)C(=O)N3c5ccccc5C[C@H]3CN4C)cc(NC(=O)[C@H](C)NC(=O)[C@H](C)NC(=O)CCCCC(=O)NCCN3C(=O)C=CC3=O)c1)N=C[C@@H]1Cc3ccccc3N1C2=O. The van der Waals surface area contributed by atoms with Crippen LogP contribution in [-0.4, -0.2) is 116 Å².